The zero-order valence-corrected chi connectivity index (χ0v) is 16.0. The van der Waals surface area contributed by atoms with Crippen LogP contribution in [0.4, 0.5) is 5.69 Å². The normalized spacial score (nSPS) is 18.6. The number of ether oxygens (including phenoxy) is 1. The van der Waals surface area contributed by atoms with Crippen LogP contribution in [0.25, 0.3) is 0 Å². The minimum Gasteiger partial charge on any atom is -0.495 e. The van der Waals surface area contributed by atoms with Crippen LogP contribution < -0.4 is 9.64 Å². The summed E-state index contributed by atoms with van der Waals surface area (Å²) in [6.07, 6.45) is 0. The lowest BCUT2D eigenvalue weighted by atomic mass is 10.2. The molecule has 1 aromatic rings. The molecule has 0 spiro atoms. The SMILES string of the molecule is COc1ccccc1N1CN(C(Cl)(Cl)Cl)CN(C(Cl)(Cl)Cl)C1. The molecule has 124 valence electrons. The molecule has 1 saturated heterocycles. The second-order valence-corrected chi connectivity index (χ2v) is 9.09. The summed E-state index contributed by atoms with van der Waals surface area (Å²) in [4.78, 5) is 5.00. The van der Waals surface area contributed by atoms with Crippen LogP contribution in [0.5, 0.6) is 5.75 Å². The Morgan fingerprint density at radius 1 is 0.864 bits per heavy atom. The van der Waals surface area contributed by atoms with Crippen molar-refractivity contribution in [3.8, 4) is 5.75 Å². The van der Waals surface area contributed by atoms with Gasteiger partial charge in [-0.05, 0) is 12.1 Å². The van der Waals surface area contributed by atoms with Gasteiger partial charge >= 0.3 is 0 Å². The standard InChI is InChI=1S/C12H13Cl6N3O/c1-22-10-5-3-2-4-9(10)19-6-20(11(13,14)15)8-21(7-19)12(16,17)18/h2-5H,6-8H2,1H3. The highest BCUT2D eigenvalue weighted by Gasteiger charge is 2.42. The highest BCUT2D eigenvalue weighted by Crippen LogP contribution is 2.40. The summed E-state index contributed by atoms with van der Waals surface area (Å²) in [5.41, 5.74) is 0.809. The number of anilines is 1. The zero-order chi connectivity index (χ0) is 16.5. The molecule has 0 aromatic heterocycles. The Labute approximate surface area is 159 Å². The molecule has 0 amide bonds. The number of para-hydroxylation sites is 2. The Morgan fingerprint density at radius 3 is 1.82 bits per heavy atom. The smallest absolute Gasteiger partial charge is 0.250 e. The molecule has 0 unspecified atom stereocenters. The summed E-state index contributed by atoms with van der Waals surface area (Å²) in [7, 11) is 1.59. The van der Waals surface area contributed by atoms with E-state index in [0.717, 1.165) is 5.69 Å². The first-order valence-electron chi connectivity index (χ1n) is 6.14. The summed E-state index contributed by atoms with van der Waals surface area (Å²) in [6.45, 7) is 0.876. The van der Waals surface area contributed by atoms with E-state index in [0.29, 0.717) is 19.1 Å². The molecule has 0 radical (unpaired) electrons. The third-order valence-electron chi connectivity index (χ3n) is 3.17. The molecule has 1 heterocycles. The van der Waals surface area contributed by atoms with Crippen molar-refractivity contribution < 1.29 is 4.74 Å². The van der Waals surface area contributed by atoms with Crippen molar-refractivity contribution in [3.05, 3.63) is 24.3 Å². The third-order valence-corrected chi connectivity index (χ3v) is 4.60. The first-order valence-corrected chi connectivity index (χ1v) is 8.41. The Bertz CT molecular complexity index is 496. The number of halogens is 6. The van der Waals surface area contributed by atoms with Gasteiger partial charge in [-0.15, -0.1) is 0 Å². The van der Waals surface area contributed by atoms with E-state index in [1.807, 2.05) is 29.2 Å². The minimum absolute atomic E-state index is 0.193. The fourth-order valence-corrected chi connectivity index (χ4v) is 2.76. The van der Waals surface area contributed by atoms with Gasteiger partial charge in [-0.3, -0.25) is 0 Å². The molecule has 0 N–H and O–H groups in total. The minimum atomic E-state index is -1.63. The molecule has 22 heavy (non-hydrogen) atoms. The van der Waals surface area contributed by atoms with Gasteiger partial charge in [0.05, 0.1) is 32.8 Å². The molecule has 10 heteroatoms. The van der Waals surface area contributed by atoms with Gasteiger partial charge in [0.25, 0.3) is 0 Å². The second kappa shape index (κ2) is 7.16. The predicted octanol–water partition coefficient (Wildman–Crippen LogP) is 4.65. The lowest BCUT2D eigenvalue weighted by Gasteiger charge is -2.47. The van der Waals surface area contributed by atoms with Gasteiger partial charge in [-0.1, -0.05) is 81.7 Å². The van der Waals surface area contributed by atoms with Crippen molar-refractivity contribution >= 4 is 75.3 Å². The molecule has 0 atom stereocenters. The number of methoxy groups -OCH3 is 1. The Balaban J connectivity index is 2.34. The molecule has 1 aliphatic heterocycles. The highest BCUT2D eigenvalue weighted by molar-refractivity contribution is 6.67. The fraction of sp³-hybridized carbons (Fsp3) is 0.500. The Hall–Kier alpha value is 0.480. The maximum atomic E-state index is 6.00. The van der Waals surface area contributed by atoms with Crippen molar-refractivity contribution in [1.29, 1.82) is 0 Å². The highest BCUT2D eigenvalue weighted by atomic mass is 35.6. The van der Waals surface area contributed by atoms with Gasteiger partial charge in [-0.25, -0.2) is 9.80 Å². The Morgan fingerprint density at radius 2 is 1.36 bits per heavy atom. The largest absolute Gasteiger partial charge is 0.495 e. The first kappa shape index (κ1) is 18.8. The molecule has 0 bridgehead atoms. The van der Waals surface area contributed by atoms with Gasteiger partial charge < -0.3 is 9.64 Å². The molecule has 1 aliphatic rings. The van der Waals surface area contributed by atoms with Crippen LogP contribution in [0.1, 0.15) is 0 Å². The monoisotopic (exact) mass is 425 g/mol. The van der Waals surface area contributed by atoms with Gasteiger partial charge in [-0.2, -0.15) is 0 Å². The molecule has 0 saturated carbocycles. The van der Waals surface area contributed by atoms with E-state index in [1.54, 1.807) is 16.9 Å². The van der Waals surface area contributed by atoms with Crippen LogP contribution in [0, 0.1) is 0 Å². The molecule has 0 aliphatic carbocycles. The third kappa shape index (κ3) is 4.52. The van der Waals surface area contributed by atoms with E-state index in [9.17, 15) is 0 Å². The lowest BCUT2D eigenvalue weighted by Crippen LogP contribution is -2.61. The zero-order valence-electron chi connectivity index (χ0n) is 11.4. The number of rotatable bonds is 2. The molecular formula is C12H13Cl6N3O. The van der Waals surface area contributed by atoms with Crippen LogP contribution in [0.3, 0.4) is 0 Å². The van der Waals surface area contributed by atoms with Crippen LogP contribution in [-0.2, 0) is 0 Å². The summed E-state index contributed by atoms with van der Waals surface area (Å²) in [5, 5.41) is 0. The molecule has 1 aromatic carbocycles. The summed E-state index contributed by atoms with van der Waals surface area (Å²) in [6, 6.07) is 7.47. The maximum absolute atomic E-state index is 6.00. The van der Waals surface area contributed by atoms with Gasteiger partial charge in [0, 0.05) is 0 Å². The average molecular weight is 428 g/mol. The molecule has 4 nitrogen and oxygen atoms in total. The van der Waals surface area contributed by atoms with E-state index < -0.39 is 7.83 Å². The van der Waals surface area contributed by atoms with Gasteiger partial charge in [0.2, 0.25) is 7.83 Å². The number of hydrogen-bond donors (Lipinski definition) is 0. The van der Waals surface area contributed by atoms with E-state index >= 15 is 0 Å². The average Bonchev–Trinajstić information content (AvgIpc) is 2.45. The Kier molecular flexibility index (Phi) is 6.12. The van der Waals surface area contributed by atoms with Crippen LogP contribution in [0.2, 0.25) is 0 Å². The van der Waals surface area contributed by atoms with E-state index in [2.05, 4.69) is 0 Å². The van der Waals surface area contributed by atoms with Crippen molar-refractivity contribution in [1.82, 2.24) is 9.80 Å². The molecule has 1 fully saturated rings. The maximum Gasteiger partial charge on any atom is 0.250 e. The topological polar surface area (TPSA) is 19.0 Å². The number of benzene rings is 1. The summed E-state index contributed by atoms with van der Waals surface area (Å²) in [5.74, 6) is 0.679. The quantitative estimate of drug-likeness (QED) is 0.505. The molecular weight excluding hydrogens is 415 g/mol. The lowest BCUT2D eigenvalue weighted by molar-refractivity contribution is 0.0828. The predicted molar refractivity (Wildman–Crippen MR) is 94.3 cm³/mol. The number of alkyl halides is 6. The van der Waals surface area contributed by atoms with Crippen molar-refractivity contribution in [3.63, 3.8) is 0 Å². The van der Waals surface area contributed by atoms with Crippen LogP contribution >= 0.6 is 69.6 Å². The van der Waals surface area contributed by atoms with Crippen molar-refractivity contribution in [2.24, 2.45) is 0 Å². The van der Waals surface area contributed by atoms with E-state index in [-0.39, 0.29) is 6.67 Å². The molecule has 2 rings (SSSR count). The van der Waals surface area contributed by atoms with Gasteiger partial charge in [0.1, 0.15) is 5.75 Å². The summed E-state index contributed by atoms with van der Waals surface area (Å²) < 4.78 is 2.10. The van der Waals surface area contributed by atoms with E-state index in [4.69, 9.17) is 74.3 Å². The van der Waals surface area contributed by atoms with E-state index in [1.165, 1.54) is 0 Å². The van der Waals surface area contributed by atoms with Crippen LogP contribution in [-0.4, -0.2) is 44.7 Å². The van der Waals surface area contributed by atoms with Crippen LogP contribution in [0.15, 0.2) is 24.3 Å². The number of hydrogen-bond acceptors (Lipinski definition) is 4. The fourth-order valence-electron chi connectivity index (χ4n) is 2.12. The summed E-state index contributed by atoms with van der Waals surface area (Å²) >= 11 is 36.0. The van der Waals surface area contributed by atoms with Crippen molar-refractivity contribution in [2.75, 3.05) is 32.0 Å². The number of nitrogens with zero attached hydrogens (tertiary/aromatic N) is 3. The van der Waals surface area contributed by atoms with Crippen molar-refractivity contribution in [2.45, 2.75) is 7.83 Å². The second-order valence-electron chi connectivity index (χ2n) is 4.65. The first-order chi connectivity index (χ1) is 10.1. The van der Waals surface area contributed by atoms with Gasteiger partial charge in [0.15, 0.2) is 0 Å².